The van der Waals surface area contributed by atoms with Crippen LogP contribution in [0, 0.1) is 0 Å². The minimum atomic E-state index is -5.00. The summed E-state index contributed by atoms with van der Waals surface area (Å²) in [5.74, 6) is -1.67. The summed E-state index contributed by atoms with van der Waals surface area (Å²) in [6.07, 6.45) is -5.79. The average molecular weight is 480 g/mol. The highest BCUT2D eigenvalue weighted by atomic mass is 19.4. The number of para-hydroxylation sites is 2. The number of halogens is 6. The van der Waals surface area contributed by atoms with E-state index < -0.39 is 35.5 Å². The lowest BCUT2D eigenvalue weighted by molar-refractivity contribution is -0.274. The number of carbonyl (C=O) groups is 1. The molecule has 0 radical (unpaired) electrons. The monoisotopic (exact) mass is 480 g/mol. The molecule has 0 saturated carbocycles. The van der Waals surface area contributed by atoms with Crippen LogP contribution in [0.25, 0.3) is 11.4 Å². The van der Waals surface area contributed by atoms with Crippen molar-refractivity contribution in [2.45, 2.75) is 12.5 Å². The minimum absolute atomic E-state index is 0.214. The van der Waals surface area contributed by atoms with Crippen molar-refractivity contribution in [3.63, 3.8) is 0 Å². The minimum Gasteiger partial charge on any atom is -0.406 e. The number of nitrogens with zero attached hydrogens (tertiary/aromatic N) is 3. The van der Waals surface area contributed by atoms with Crippen LogP contribution in [0.5, 0.6) is 5.75 Å². The topological polar surface area (TPSA) is 61.1 Å². The number of hydrogen-bond donors (Lipinski definition) is 1. The van der Waals surface area contributed by atoms with Gasteiger partial charge in [0.15, 0.2) is 5.69 Å². The van der Waals surface area contributed by atoms with Crippen molar-refractivity contribution < 1.29 is 35.9 Å². The fourth-order valence-corrected chi connectivity index (χ4v) is 3.26. The molecule has 12 heteroatoms. The summed E-state index contributed by atoms with van der Waals surface area (Å²) in [4.78, 5) is 12.8. The number of amides is 1. The standard InChI is InChI=1S/C22H14F6N4O2/c23-21(24,25)19-16(13-29-32(19)14-7-9-15(10-8-14)34-22(26,27)28)20(33)30-17-5-1-2-6-18(17)31-11-3-4-12-31/h1-13H,(H,30,33). The Morgan fingerprint density at radius 1 is 0.882 bits per heavy atom. The lowest BCUT2D eigenvalue weighted by Gasteiger charge is -2.15. The molecule has 34 heavy (non-hydrogen) atoms. The van der Waals surface area contributed by atoms with E-state index in [4.69, 9.17) is 0 Å². The molecule has 0 saturated heterocycles. The lowest BCUT2D eigenvalue weighted by Crippen LogP contribution is -2.21. The Morgan fingerprint density at radius 3 is 2.15 bits per heavy atom. The van der Waals surface area contributed by atoms with Crippen molar-refractivity contribution in [3.05, 3.63) is 90.5 Å². The lowest BCUT2D eigenvalue weighted by atomic mass is 10.2. The maximum absolute atomic E-state index is 13.9. The first kappa shape index (κ1) is 23.0. The molecular formula is C22H14F6N4O2. The van der Waals surface area contributed by atoms with Gasteiger partial charge in [0, 0.05) is 12.4 Å². The van der Waals surface area contributed by atoms with Gasteiger partial charge in [0.1, 0.15) is 5.75 Å². The summed E-state index contributed by atoms with van der Waals surface area (Å²) in [5.41, 5.74) is -1.56. The van der Waals surface area contributed by atoms with Gasteiger partial charge in [-0.05, 0) is 48.5 Å². The normalized spacial score (nSPS) is 11.9. The van der Waals surface area contributed by atoms with Gasteiger partial charge >= 0.3 is 12.5 Å². The van der Waals surface area contributed by atoms with Gasteiger partial charge in [-0.25, -0.2) is 4.68 Å². The van der Waals surface area contributed by atoms with E-state index in [0.29, 0.717) is 10.4 Å². The number of benzene rings is 2. The van der Waals surface area contributed by atoms with Crippen molar-refractivity contribution in [1.82, 2.24) is 14.3 Å². The van der Waals surface area contributed by atoms with E-state index in [0.717, 1.165) is 30.5 Å². The predicted octanol–water partition coefficient (Wildman–Crippen LogP) is 5.83. The second-order valence-electron chi connectivity index (χ2n) is 6.92. The second kappa shape index (κ2) is 8.61. The van der Waals surface area contributed by atoms with Gasteiger partial charge in [-0.1, -0.05) is 12.1 Å². The van der Waals surface area contributed by atoms with E-state index in [-0.39, 0.29) is 11.4 Å². The number of hydrogen-bond acceptors (Lipinski definition) is 3. The largest absolute Gasteiger partial charge is 0.573 e. The number of ether oxygens (including phenoxy) is 1. The summed E-state index contributed by atoms with van der Waals surface area (Å²) < 4.78 is 84.6. The highest BCUT2D eigenvalue weighted by molar-refractivity contribution is 6.06. The van der Waals surface area contributed by atoms with E-state index in [1.54, 1.807) is 47.3 Å². The van der Waals surface area contributed by atoms with Crippen LogP contribution in [-0.2, 0) is 6.18 Å². The summed E-state index contributed by atoms with van der Waals surface area (Å²) in [6.45, 7) is 0. The van der Waals surface area contributed by atoms with Gasteiger partial charge in [-0.3, -0.25) is 4.79 Å². The van der Waals surface area contributed by atoms with Crippen LogP contribution in [0.2, 0.25) is 0 Å². The summed E-state index contributed by atoms with van der Waals surface area (Å²) in [7, 11) is 0. The maximum Gasteiger partial charge on any atom is 0.573 e. The Bertz CT molecular complexity index is 1290. The van der Waals surface area contributed by atoms with Crippen LogP contribution in [0.15, 0.2) is 79.3 Å². The fraction of sp³-hybridized carbons (Fsp3) is 0.0909. The predicted molar refractivity (Wildman–Crippen MR) is 109 cm³/mol. The molecule has 4 rings (SSSR count). The molecule has 0 bridgehead atoms. The number of carbonyl (C=O) groups excluding carboxylic acids is 1. The third-order valence-electron chi connectivity index (χ3n) is 4.63. The van der Waals surface area contributed by atoms with Gasteiger partial charge in [-0.2, -0.15) is 18.3 Å². The maximum atomic E-state index is 13.9. The zero-order valence-corrected chi connectivity index (χ0v) is 16.9. The van der Waals surface area contributed by atoms with Crippen molar-refractivity contribution in [3.8, 4) is 17.1 Å². The molecule has 176 valence electrons. The Morgan fingerprint density at radius 2 is 1.53 bits per heavy atom. The van der Waals surface area contributed by atoms with Gasteiger partial charge in [-0.15, -0.1) is 13.2 Å². The van der Waals surface area contributed by atoms with Gasteiger partial charge in [0.2, 0.25) is 0 Å². The SMILES string of the molecule is O=C(Nc1ccccc1-n1cccc1)c1cnn(-c2ccc(OC(F)(F)F)cc2)c1C(F)(F)F. The van der Waals surface area contributed by atoms with Crippen LogP contribution in [-0.4, -0.2) is 26.6 Å². The Balaban J connectivity index is 1.68. The molecule has 1 amide bonds. The van der Waals surface area contributed by atoms with Crippen molar-refractivity contribution in [2.75, 3.05) is 5.32 Å². The Kier molecular flexibility index (Phi) is 5.82. The molecular weight excluding hydrogens is 466 g/mol. The van der Waals surface area contributed by atoms with E-state index >= 15 is 0 Å². The van der Waals surface area contributed by atoms with Crippen molar-refractivity contribution in [1.29, 1.82) is 0 Å². The van der Waals surface area contributed by atoms with E-state index in [9.17, 15) is 31.1 Å². The second-order valence-corrected chi connectivity index (χ2v) is 6.92. The van der Waals surface area contributed by atoms with Crippen molar-refractivity contribution >= 4 is 11.6 Å². The molecule has 0 aliphatic heterocycles. The van der Waals surface area contributed by atoms with Gasteiger partial charge in [0.05, 0.1) is 28.8 Å². The first-order valence-corrected chi connectivity index (χ1v) is 9.58. The smallest absolute Gasteiger partial charge is 0.406 e. The molecule has 2 aromatic heterocycles. The van der Waals surface area contributed by atoms with E-state index in [1.807, 2.05) is 0 Å². The molecule has 0 spiro atoms. The molecule has 6 nitrogen and oxygen atoms in total. The fourth-order valence-electron chi connectivity index (χ4n) is 3.26. The molecule has 0 atom stereocenters. The number of alkyl halides is 6. The number of aromatic nitrogens is 3. The molecule has 1 N–H and O–H groups in total. The third-order valence-corrected chi connectivity index (χ3v) is 4.63. The quantitative estimate of drug-likeness (QED) is 0.366. The van der Waals surface area contributed by atoms with E-state index in [1.165, 1.54) is 6.07 Å². The highest BCUT2D eigenvalue weighted by Gasteiger charge is 2.40. The van der Waals surface area contributed by atoms with Crippen LogP contribution in [0.1, 0.15) is 16.1 Å². The first-order chi connectivity index (χ1) is 16.0. The zero-order valence-electron chi connectivity index (χ0n) is 16.9. The molecule has 0 unspecified atom stereocenters. The zero-order chi connectivity index (χ0) is 24.5. The molecule has 0 aliphatic carbocycles. The molecule has 0 fully saturated rings. The van der Waals surface area contributed by atoms with Crippen LogP contribution in [0.4, 0.5) is 32.0 Å². The highest BCUT2D eigenvalue weighted by Crippen LogP contribution is 2.35. The summed E-state index contributed by atoms with van der Waals surface area (Å²) >= 11 is 0. The van der Waals surface area contributed by atoms with Crippen LogP contribution < -0.4 is 10.1 Å². The average Bonchev–Trinajstić information content (AvgIpc) is 3.44. The summed E-state index contributed by atoms with van der Waals surface area (Å²) in [6, 6.07) is 13.6. The van der Waals surface area contributed by atoms with E-state index in [2.05, 4.69) is 15.2 Å². The molecule has 0 aliphatic rings. The van der Waals surface area contributed by atoms with Gasteiger partial charge < -0.3 is 14.6 Å². The molecule has 2 heterocycles. The Hall–Kier alpha value is -4.22. The number of nitrogens with one attached hydrogen (secondary N) is 1. The molecule has 4 aromatic rings. The van der Waals surface area contributed by atoms with Crippen LogP contribution >= 0.6 is 0 Å². The first-order valence-electron chi connectivity index (χ1n) is 9.58. The number of rotatable bonds is 5. The van der Waals surface area contributed by atoms with Crippen LogP contribution in [0.3, 0.4) is 0 Å². The number of anilines is 1. The molecule has 2 aromatic carbocycles. The third kappa shape index (κ3) is 4.90. The van der Waals surface area contributed by atoms with Gasteiger partial charge in [0.25, 0.3) is 5.91 Å². The summed E-state index contributed by atoms with van der Waals surface area (Å²) in [5, 5.41) is 6.13. The van der Waals surface area contributed by atoms with Crippen molar-refractivity contribution in [2.24, 2.45) is 0 Å². The Labute approximate surface area is 188 Å².